The molecule has 2 aromatic heterocycles. The lowest BCUT2D eigenvalue weighted by Gasteiger charge is -2.30. The molecule has 5 N–H and O–H groups in total. The van der Waals surface area contributed by atoms with Crippen LogP contribution in [0.2, 0.25) is 0 Å². The van der Waals surface area contributed by atoms with E-state index in [4.69, 9.17) is 5.73 Å². The number of rotatable bonds is 6. The van der Waals surface area contributed by atoms with Gasteiger partial charge in [-0.25, -0.2) is 8.78 Å². The smallest absolute Gasteiger partial charge is 0.382 e. The number of anilines is 1. The SMILES string of the molecule is Cl.FC(F)(F)c1cc2c(Br)cccc2s1.NC1CCC(NC(=O)c2ccc(F)cc2)CC1.O=C(NC1CCC(Nc2cccc3sc(C(F)(F)F)cc23)CC1)c1ccc(F)cc1. The second-order valence-electron chi connectivity index (χ2n) is 14.9. The summed E-state index contributed by atoms with van der Waals surface area (Å²) < 4.78 is 104. The Bertz CT molecular complexity index is 2410. The lowest BCUT2D eigenvalue weighted by atomic mass is 9.90. The molecule has 2 fully saturated rings. The van der Waals surface area contributed by atoms with Gasteiger partial charge in [-0.15, -0.1) is 35.1 Å². The zero-order valence-electron chi connectivity index (χ0n) is 32.7. The van der Waals surface area contributed by atoms with Crippen molar-refractivity contribution >= 4 is 88.7 Å². The van der Waals surface area contributed by atoms with Gasteiger partial charge in [0, 0.05) is 65.6 Å². The maximum atomic E-state index is 13.0. The number of nitrogens with two attached hydrogens (primary N) is 1. The van der Waals surface area contributed by atoms with Crippen molar-refractivity contribution in [2.45, 2.75) is 87.9 Å². The van der Waals surface area contributed by atoms with Crippen LogP contribution in [0.5, 0.6) is 0 Å². The zero-order valence-corrected chi connectivity index (χ0v) is 36.8. The molecular formula is C44H42BrClF8N4O2S2. The first-order chi connectivity index (χ1) is 28.9. The summed E-state index contributed by atoms with van der Waals surface area (Å²) in [7, 11) is 0. The van der Waals surface area contributed by atoms with Crippen molar-refractivity contribution in [1.29, 1.82) is 0 Å². The summed E-state index contributed by atoms with van der Waals surface area (Å²) in [6, 6.07) is 24.4. The van der Waals surface area contributed by atoms with Gasteiger partial charge in [0.15, 0.2) is 0 Å². The third-order valence-electron chi connectivity index (χ3n) is 10.4. The monoisotopic (exact) mass is 988 g/mol. The van der Waals surface area contributed by atoms with Crippen LogP contribution in [-0.4, -0.2) is 36.0 Å². The highest BCUT2D eigenvalue weighted by atomic mass is 79.9. The Morgan fingerprint density at radius 1 is 0.581 bits per heavy atom. The molecule has 332 valence electrons. The number of carbonyl (C=O) groups excluding carboxylic acids is 2. The van der Waals surface area contributed by atoms with Crippen molar-refractivity contribution in [3.05, 3.63) is 134 Å². The van der Waals surface area contributed by atoms with Crippen molar-refractivity contribution < 1.29 is 44.7 Å². The Hall–Kier alpha value is -4.29. The molecule has 2 aliphatic rings. The summed E-state index contributed by atoms with van der Waals surface area (Å²) in [6.07, 6.45) is -1.73. The number of hydrogen-bond acceptors (Lipinski definition) is 6. The van der Waals surface area contributed by atoms with Crippen LogP contribution >= 0.6 is 51.0 Å². The van der Waals surface area contributed by atoms with E-state index >= 15 is 0 Å². The average Bonchev–Trinajstić information content (AvgIpc) is 3.88. The number of halogens is 10. The third kappa shape index (κ3) is 13.4. The number of benzene rings is 4. The Balaban J connectivity index is 0.000000192. The number of nitrogens with one attached hydrogen (secondary N) is 3. The lowest BCUT2D eigenvalue weighted by molar-refractivity contribution is -0.135. The highest BCUT2D eigenvalue weighted by molar-refractivity contribution is 9.10. The van der Waals surface area contributed by atoms with Crippen LogP contribution in [0, 0.1) is 11.6 Å². The van der Waals surface area contributed by atoms with Gasteiger partial charge < -0.3 is 21.7 Å². The number of amides is 2. The summed E-state index contributed by atoms with van der Waals surface area (Å²) in [5.41, 5.74) is 7.43. The topological polar surface area (TPSA) is 96.2 Å². The predicted octanol–water partition coefficient (Wildman–Crippen LogP) is 13.1. The molecule has 2 saturated carbocycles. The molecule has 0 aliphatic heterocycles. The number of fused-ring (bicyclic) bond motifs is 2. The molecule has 0 bridgehead atoms. The molecule has 8 rings (SSSR count). The molecule has 2 heterocycles. The second-order valence-corrected chi connectivity index (χ2v) is 17.9. The molecule has 18 heteroatoms. The van der Waals surface area contributed by atoms with Gasteiger partial charge in [0.2, 0.25) is 0 Å². The van der Waals surface area contributed by atoms with Crippen molar-refractivity contribution in [1.82, 2.24) is 10.6 Å². The maximum Gasteiger partial charge on any atom is 0.425 e. The highest BCUT2D eigenvalue weighted by Gasteiger charge is 2.34. The van der Waals surface area contributed by atoms with E-state index in [-0.39, 0.29) is 60.0 Å². The van der Waals surface area contributed by atoms with Crippen LogP contribution in [0.25, 0.3) is 20.2 Å². The minimum absolute atomic E-state index is 0. The van der Waals surface area contributed by atoms with Gasteiger partial charge >= 0.3 is 12.4 Å². The van der Waals surface area contributed by atoms with Crippen molar-refractivity contribution in [3.8, 4) is 0 Å². The van der Waals surface area contributed by atoms with Crippen LogP contribution in [0.4, 0.5) is 40.8 Å². The van der Waals surface area contributed by atoms with Gasteiger partial charge in [0.05, 0.1) is 0 Å². The molecule has 6 aromatic rings. The first-order valence-electron chi connectivity index (χ1n) is 19.4. The summed E-state index contributed by atoms with van der Waals surface area (Å²) in [6.45, 7) is 0. The summed E-state index contributed by atoms with van der Waals surface area (Å²) in [5, 5.41) is 10.5. The normalized spacial score (nSPS) is 18.9. The minimum Gasteiger partial charge on any atom is -0.382 e. The fourth-order valence-corrected chi connectivity index (χ4v) is 9.62. The number of carbonyl (C=O) groups is 2. The summed E-state index contributed by atoms with van der Waals surface area (Å²) >= 11 is 4.73. The quantitative estimate of drug-likeness (QED) is 0.125. The number of hydrogen-bond donors (Lipinski definition) is 4. The first-order valence-corrected chi connectivity index (χ1v) is 21.9. The molecule has 0 atom stereocenters. The third-order valence-corrected chi connectivity index (χ3v) is 13.4. The second kappa shape index (κ2) is 21.4. The highest BCUT2D eigenvalue weighted by Crippen LogP contribution is 2.42. The van der Waals surface area contributed by atoms with Crippen LogP contribution < -0.4 is 21.7 Å². The number of thiophene rings is 2. The Labute approximate surface area is 375 Å². The Morgan fingerprint density at radius 3 is 1.44 bits per heavy atom. The Kier molecular flexibility index (Phi) is 16.8. The van der Waals surface area contributed by atoms with Crippen molar-refractivity contribution in [2.75, 3.05) is 5.32 Å². The first kappa shape index (κ1) is 48.7. The van der Waals surface area contributed by atoms with Gasteiger partial charge in [-0.3, -0.25) is 9.59 Å². The minimum atomic E-state index is -4.35. The molecule has 0 saturated heterocycles. The molecule has 0 radical (unpaired) electrons. The molecule has 4 aromatic carbocycles. The lowest BCUT2D eigenvalue weighted by Crippen LogP contribution is -2.40. The van der Waals surface area contributed by atoms with Crippen LogP contribution in [0.15, 0.2) is 102 Å². The summed E-state index contributed by atoms with van der Waals surface area (Å²) in [5.74, 6) is -1.08. The predicted molar refractivity (Wildman–Crippen MR) is 236 cm³/mol. The van der Waals surface area contributed by atoms with Crippen LogP contribution in [-0.2, 0) is 12.4 Å². The van der Waals surface area contributed by atoms with Crippen LogP contribution in [0.3, 0.4) is 0 Å². The maximum absolute atomic E-state index is 13.0. The van der Waals surface area contributed by atoms with Crippen molar-refractivity contribution in [2.24, 2.45) is 5.73 Å². The van der Waals surface area contributed by atoms with Gasteiger partial charge in [-0.05, 0) is 136 Å². The van der Waals surface area contributed by atoms with Gasteiger partial charge in [0.25, 0.3) is 11.8 Å². The van der Waals surface area contributed by atoms with E-state index in [1.165, 1.54) is 60.7 Å². The van der Waals surface area contributed by atoms with Gasteiger partial charge in [0.1, 0.15) is 21.4 Å². The van der Waals surface area contributed by atoms with E-state index in [0.29, 0.717) is 41.5 Å². The van der Waals surface area contributed by atoms with E-state index in [1.807, 2.05) is 0 Å². The fourth-order valence-electron chi connectivity index (χ4n) is 7.10. The van der Waals surface area contributed by atoms with E-state index < -0.39 is 22.1 Å². The average molecular weight is 990 g/mol. The van der Waals surface area contributed by atoms with E-state index in [9.17, 15) is 44.7 Å². The summed E-state index contributed by atoms with van der Waals surface area (Å²) in [4.78, 5) is 23.0. The molecule has 62 heavy (non-hydrogen) atoms. The van der Waals surface area contributed by atoms with Crippen molar-refractivity contribution in [3.63, 3.8) is 0 Å². The molecule has 6 nitrogen and oxygen atoms in total. The fraction of sp³-hybridized carbons (Fsp3) is 0.318. The van der Waals surface area contributed by atoms with Gasteiger partial charge in [-0.2, -0.15) is 26.3 Å². The standard InChI is InChI=1S/C22H20F4N2OS.C13H17FN2O.C9H4BrF3S.ClH/c23-14-6-4-13(5-7-14)21(29)28-16-10-8-15(9-11-16)27-18-2-1-3-19-17(18)12-20(30-19)22(24,25)26;14-10-3-1-9(2-4-10)13(17)16-12-7-5-11(15)6-8-12;10-6-2-1-3-7-5(6)4-8(14-7)9(11,12)13;/h1-7,12,15-16,27H,8-11H2,(H,28,29);1-4,11-12H,5-8,15H2,(H,16,17);1-4H;1H. The molecular weight excluding hydrogens is 948 g/mol. The molecule has 0 unspecified atom stereocenters. The van der Waals surface area contributed by atoms with E-state index in [1.54, 1.807) is 36.4 Å². The Morgan fingerprint density at radius 2 is 0.984 bits per heavy atom. The largest absolute Gasteiger partial charge is 0.425 e. The molecule has 2 aliphatic carbocycles. The molecule has 0 spiro atoms. The van der Waals surface area contributed by atoms with E-state index in [0.717, 1.165) is 74.0 Å². The van der Waals surface area contributed by atoms with Gasteiger partial charge in [-0.1, -0.05) is 28.1 Å². The zero-order chi connectivity index (χ0) is 43.9. The molecule has 2 amide bonds. The number of alkyl halides is 6. The van der Waals surface area contributed by atoms with E-state index in [2.05, 4.69) is 31.9 Å². The van der Waals surface area contributed by atoms with Crippen LogP contribution in [0.1, 0.15) is 81.8 Å².